The molecule has 2 N–H and O–H groups in total. The first-order valence-electron chi connectivity index (χ1n) is 6.95. The van der Waals surface area contributed by atoms with Crippen molar-refractivity contribution in [1.29, 1.82) is 0 Å². The number of anilines is 2. The zero-order valence-corrected chi connectivity index (χ0v) is 12.5. The SMILES string of the molecule is CS(=O)(=O)Nc1cc(NCC2CCCCC2)ccc1F. The molecule has 2 rings (SSSR count). The lowest BCUT2D eigenvalue weighted by Crippen LogP contribution is -2.17. The van der Waals surface area contributed by atoms with Gasteiger partial charge in [0, 0.05) is 12.2 Å². The highest BCUT2D eigenvalue weighted by Crippen LogP contribution is 2.25. The number of hydrogen-bond donors (Lipinski definition) is 2. The van der Waals surface area contributed by atoms with Crippen LogP contribution in [0, 0.1) is 11.7 Å². The standard InChI is InChI=1S/C14H21FN2O2S/c1-20(18,19)17-14-9-12(7-8-13(14)15)16-10-11-5-3-2-4-6-11/h7-9,11,16-17H,2-6,10H2,1H3. The Bertz CT molecular complexity index is 554. The van der Waals surface area contributed by atoms with Crippen molar-refractivity contribution in [2.75, 3.05) is 22.8 Å². The van der Waals surface area contributed by atoms with Gasteiger partial charge in [0.2, 0.25) is 10.0 Å². The maximum Gasteiger partial charge on any atom is 0.229 e. The van der Waals surface area contributed by atoms with E-state index >= 15 is 0 Å². The maximum atomic E-state index is 13.5. The number of benzene rings is 1. The normalized spacial score (nSPS) is 16.9. The molecule has 0 atom stereocenters. The fraction of sp³-hybridized carbons (Fsp3) is 0.571. The summed E-state index contributed by atoms with van der Waals surface area (Å²) in [7, 11) is -3.47. The van der Waals surface area contributed by atoms with Crippen molar-refractivity contribution in [3.63, 3.8) is 0 Å². The van der Waals surface area contributed by atoms with E-state index in [1.54, 1.807) is 6.07 Å². The van der Waals surface area contributed by atoms with E-state index in [2.05, 4.69) is 10.0 Å². The Morgan fingerprint density at radius 1 is 1.25 bits per heavy atom. The molecule has 112 valence electrons. The van der Waals surface area contributed by atoms with Crippen LogP contribution in [0.25, 0.3) is 0 Å². The number of sulfonamides is 1. The summed E-state index contributed by atoms with van der Waals surface area (Å²) in [5, 5.41) is 3.27. The summed E-state index contributed by atoms with van der Waals surface area (Å²) in [5.41, 5.74) is 0.726. The Hall–Kier alpha value is -1.30. The van der Waals surface area contributed by atoms with Crippen LogP contribution in [0.1, 0.15) is 32.1 Å². The molecule has 0 radical (unpaired) electrons. The molecule has 0 aromatic heterocycles. The van der Waals surface area contributed by atoms with Crippen LogP contribution in [0.4, 0.5) is 15.8 Å². The van der Waals surface area contributed by atoms with Crippen LogP contribution in [0.2, 0.25) is 0 Å². The van der Waals surface area contributed by atoms with Gasteiger partial charge in [-0.05, 0) is 37.0 Å². The second-order valence-corrected chi connectivity index (χ2v) is 7.20. The molecule has 20 heavy (non-hydrogen) atoms. The van der Waals surface area contributed by atoms with E-state index in [1.807, 2.05) is 0 Å². The van der Waals surface area contributed by atoms with E-state index in [-0.39, 0.29) is 5.69 Å². The molecular weight excluding hydrogens is 279 g/mol. The molecule has 0 unspecified atom stereocenters. The third-order valence-corrected chi connectivity index (χ3v) is 4.17. The zero-order chi connectivity index (χ0) is 14.6. The molecule has 1 fully saturated rings. The second-order valence-electron chi connectivity index (χ2n) is 5.45. The van der Waals surface area contributed by atoms with Crippen LogP contribution in [-0.2, 0) is 10.0 Å². The predicted octanol–water partition coefficient (Wildman–Crippen LogP) is 3.19. The molecule has 1 aliphatic rings. The van der Waals surface area contributed by atoms with Gasteiger partial charge in [-0.15, -0.1) is 0 Å². The number of hydrogen-bond acceptors (Lipinski definition) is 3. The summed E-state index contributed by atoms with van der Waals surface area (Å²) in [4.78, 5) is 0. The quantitative estimate of drug-likeness (QED) is 0.878. The lowest BCUT2D eigenvalue weighted by molar-refractivity contribution is 0.373. The van der Waals surface area contributed by atoms with Crippen LogP contribution >= 0.6 is 0 Å². The van der Waals surface area contributed by atoms with Gasteiger partial charge in [-0.3, -0.25) is 4.72 Å². The maximum absolute atomic E-state index is 13.5. The molecule has 0 amide bonds. The fourth-order valence-corrected chi connectivity index (χ4v) is 3.12. The topological polar surface area (TPSA) is 58.2 Å². The summed E-state index contributed by atoms with van der Waals surface area (Å²) < 4.78 is 38.1. The van der Waals surface area contributed by atoms with Crippen molar-refractivity contribution in [1.82, 2.24) is 0 Å². The highest BCUT2D eigenvalue weighted by molar-refractivity contribution is 7.92. The van der Waals surface area contributed by atoms with Gasteiger partial charge in [-0.25, -0.2) is 12.8 Å². The molecule has 0 saturated heterocycles. The van der Waals surface area contributed by atoms with Crippen molar-refractivity contribution in [3.8, 4) is 0 Å². The average Bonchev–Trinajstić information content (AvgIpc) is 2.39. The highest BCUT2D eigenvalue weighted by atomic mass is 32.2. The van der Waals surface area contributed by atoms with Gasteiger partial charge in [0.05, 0.1) is 11.9 Å². The van der Waals surface area contributed by atoms with Crippen LogP contribution in [0.15, 0.2) is 18.2 Å². The van der Waals surface area contributed by atoms with E-state index in [1.165, 1.54) is 44.2 Å². The first-order chi connectivity index (χ1) is 9.44. The lowest BCUT2D eigenvalue weighted by Gasteiger charge is -2.22. The van der Waals surface area contributed by atoms with Gasteiger partial charge < -0.3 is 5.32 Å². The molecular formula is C14H21FN2O2S. The minimum atomic E-state index is -3.47. The molecule has 0 aliphatic heterocycles. The van der Waals surface area contributed by atoms with Crippen molar-refractivity contribution in [2.24, 2.45) is 5.92 Å². The second kappa shape index (κ2) is 6.43. The van der Waals surface area contributed by atoms with Crippen LogP contribution < -0.4 is 10.0 Å². The summed E-state index contributed by atoms with van der Waals surface area (Å²) in [5.74, 6) is 0.0822. The summed E-state index contributed by atoms with van der Waals surface area (Å²) in [6, 6.07) is 4.40. The Morgan fingerprint density at radius 2 is 1.95 bits per heavy atom. The molecule has 0 bridgehead atoms. The van der Waals surface area contributed by atoms with Gasteiger partial charge in [0.1, 0.15) is 5.82 Å². The van der Waals surface area contributed by atoms with Crippen molar-refractivity contribution < 1.29 is 12.8 Å². The molecule has 1 aromatic carbocycles. The first kappa shape index (κ1) is 15.1. The van der Waals surface area contributed by atoms with E-state index < -0.39 is 15.8 Å². The van der Waals surface area contributed by atoms with Gasteiger partial charge in [-0.2, -0.15) is 0 Å². The fourth-order valence-electron chi connectivity index (χ4n) is 2.57. The summed E-state index contributed by atoms with van der Waals surface area (Å²) in [6.07, 6.45) is 7.32. The van der Waals surface area contributed by atoms with Gasteiger partial charge in [0.25, 0.3) is 0 Å². The molecule has 1 aromatic rings. The van der Waals surface area contributed by atoms with Crippen LogP contribution in [0.3, 0.4) is 0 Å². The van der Waals surface area contributed by atoms with Crippen molar-refractivity contribution in [2.45, 2.75) is 32.1 Å². The Morgan fingerprint density at radius 3 is 2.60 bits per heavy atom. The molecule has 4 nitrogen and oxygen atoms in total. The lowest BCUT2D eigenvalue weighted by atomic mass is 9.89. The minimum Gasteiger partial charge on any atom is -0.385 e. The van der Waals surface area contributed by atoms with E-state index in [0.29, 0.717) is 5.92 Å². The smallest absolute Gasteiger partial charge is 0.229 e. The third-order valence-electron chi connectivity index (χ3n) is 3.58. The third kappa shape index (κ3) is 4.67. The first-order valence-corrected chi connectivity index (χ1v) is 8.84. The molecule has 1 aliphatic carbocycles. The molecule has 1 saturated carbocycles. The van der Waals surface area contributed by atoms with Gasteiger partial charge in [-0.1, -0.05) is 19.3 Å². The zero-order valence-electron chi connectivity index (χ0n) is 11.7. The summed E-state index contributed by atoms with van der Waals surface area (Å²) >= 11 is 0. The summed E-state index contributed by atoms with van der Waals surface area (Å²) in [6.45, 7) is 0.851. The molecule has 0 spiro atoms. The van der Waals surface area contributed by atoms with E-state index in [0.717, 1.165) is 18.5 Å². The Kier molecular flexibility index (Phi) is 4.86. The van der Waals surface area contributed by atoms with Crippen LogP contribution in [0.5, 0.6) is 0 Å². The highest BCUT2D eigenvalue weighted by Gasteiger charge is 2.13. The van der Waals surface area contributed by atoms with E-state index in [9.17, 15) is 12.8 Å². The van der Waals surface area contributed by atoms with Gasteiger partial charge in [0.15, 0.2) is 0 Å². The Balaban J connectivity index is 1.99. The molecule has 6 heteroatoms. The van der Waals surface area contributed by atoms with E-state index in [4.69, 9.17) is 0 Å². The number of nitrogens with one attached hydrogen (secondary N) is 2. The van der Waals surface area contributed by atoms with Crippen molar-refractivity contribution in [3.05, 3.63) is 24.0 Å². The molecule has 0 heterocycles. The van der Waals surface area contributed by atoms with Crippen LogP contribution in [-0.4, -0.2) is 21.2 Å². The van der Waals surface area contributed by atoms with Crippen molar-refractivity contribution >= 4 is 21.4 Å². The number of halogens is 1. The minimum absolute atomic E-state index is 0.0128. The largest absolute Gasteiger partial charge is 0.385 e. The van der Waals surface area contributed by atoms with Gasteiger partial charge >= 0.3 is 0 Å². The Labute approximate surface area is 119 Å². The average molecular weight is 300 g/mol. The monoisotopic (exact) mass is 300 g/mol. The number of rotatable bonds is 5. The predicted molar refractivity (Wildman–Crippen MR) is 79.9 cm³/mol.